The van der Waals surface area contributed by atoms with Gasteiger partial charge in [0.15, 0.2) is 0 Å². The quantitative estimate of drug-likeness (QED) is 0.762. The average molecular weight is 237 g/mol. The summed E-state index contributed by atoms with van der Waals surface area (Å²) >= 11 is 0. The Bertz CT molecular complexity index is 618. The van der Waals surface area contributed by atoms with Crippen LogP contribution in [-0.2, 0) is 5.41 Å². The van der Waals surface area contributed by atoms with E-state index in [1.54, 1.807) is 6.26 Å². The van der Waals surface area contributed by atoms with Crippen molar-refractivity contribution in [2.24, 2.45) is 4.99 Å². The van der Waals surface area contributed by atoms with Gasteiger partial charge in [-0.05, 0) is 35.9 Å². The van der Waals surface area contributed by atoms with Crippen LogP contribution in [0.3, 0.4) is 0 Å². The zero-order valence-electron chi connectivity index (χ0n) is 10.6. The van der Waals surface area contributed by atoms with Crippen molar-refractivity contribution in [1.29, 1.82) is 0 Å². The molecule has 2 nitrogen and oxygen atoms in total. The van der Waals surface area contributed by atoms with Crippen LogP contribution < -0.4 is 0 Å². The molecule has 90 valence electrons. The van der Waals surface area contributed by atoms with Crippen molar-refractivity contribution in [2.45, 2.75) is 19.3 Å². The fourth-order valence-electron chi connectivity index (χ4n) is 2.30. The van der Waals surface area contributed by atoms with E-state index in [0.717, 1.165) is 17.2 Å². The van der Waals surface area contributed by atoms with E-state index in [-0.39, 0.29) is 5.41 Å². The molecule has 0 saturated carbocycles. The van der Waals surface area contributed by atoms with Crippen LogP contribution in [0, 0.1) is 0 Å². The smallest absolute Gasteiger partial charge is 0.126 e. The second-order valence-corrected chi connectivity index (χ2v) is 4.99. The molecule has 2 heteroatoms. The zero-order chi connectivity index (χ0) is 12.6. The van der Waals surface area contributed by atoms with Crippen molar-refractivity contribution >= 4 is 17.5 Å². The van der Waals surface area contributed by atoms with Gasteiger partial charge in [-0.1, -0.05) is 32.0 Å². The number of nitrogens with zero attached hydrogens (tertiary/aromatic N) is 1. The monoisotopic (exact) mass is 237 g/mol. The van der Waals surface area contributed by atoms with Crippen LogP contribution >= 0.6 is 0 Å². The molecule has 0 fully saturated rings. The standard InChI is InChI=1S/C16H15NO/c1-16(2)13-7-3-4-8-14(13)17-15(16)10-9-12-6-5-11-18-12/h3-11H,1-2H3/b10-9+. The van der Waals surface area contributed by atoms with Gasteiger partial charge in [0.1, 0.15) is 5.76 Å². The van der Waals surface area contributed by atoms with Crippen molar-refractivity contribution in [1.82, 2.24) is 0 Å². The summed E-state index contributed by atoms with van der Waals surface area (Å²) in [5.41, 5.74) is 3.38. The number of fused-ring (bicyclic) bond motifs is 1. The molecule has 2 aromatic rings. The summed E-state index contributed by atoms with van der Waals surface area (Å²) in [5.74, 6) is 0.851. The fraction of sp³-hybridized carbons (Fsp3) is 0.188. The highest BCUT2D eigenvalue weighted by Gasteiger charge is 2.32. The normalized spacial score (nSPS) is 16.9. The minimum Gasteiger partial charge on any atom is -0.465 e. The number of hydrogen-bond donors (Lipinski definition) is 0. The Morgan fingerprint density at radius 3 is 2.61 bits per heavy atom. The predicted octanol–water partition coefficient (Wildman–Crippen LogP) is 4.36. The Morgan fingerprint density at radius 1 is 1.06 bits per heavy atom. The number of benzene rings is 1. The molecule has 0 bridgehead atoms. The highest BCUT2D eigenvalue weighted by molar-refractivity contribution is 6.10. The van der Waals surface area contributed by atoms with Gasteiger partial charge in [-0.3, -0.25) is 4.99 Å². The number of hydrogen-bond acceptors (Lipinski definition) is 2. The Balaban J connectivity index is 1.96. The van der Waals surface area contributed by atoms with Crippen LogP contribution in [0.5, 0.6) is 0 Å². The topological polar surface area (TPSA) is 25.5 Å². The molecule has 3 rings (SSSR count). The Morgan fingerprint density at radius 2 is 1.89 bits per heavy atom. The molecule has 1 aliphatic rings. The molecule has 1 aliphatic heterocycles. The molecule has 2 heterocycles. The fourth-order valence-corrected chi connectivity index (χ4v) is 2.30. The third-order valence-corrected chi connectivity index (χ3v) is 3.41. The van der Waals surface area contributed by atoms with Gasteiger partial charge in [0, 0.05) is 5.41 Å². The van der Waals surface area contributed by atoms with Crippen LogP contribution in [0.15, 0.2) is 58.1 Å². The lowest BCUT2D eigenvalue weighted by molar-refractivity contribution is 0.557. The second kappa shape index (κ2) is 3.98. The van der Waals surface area contributed by atoms with E-state index in [1.807, 2.05) is 30.4 Å². The summed E-state index contributed by atoms with van der Waals surface area (Å²) in [6.07, 6.45) is 5.68. The Labute approximate surface area is 107 Å². The maximum absolute atomic E-state index is 5.30. The number of aliphatic imine (C=N–C) groups is 1. The molecule has 1 aromatic carbocycles. The van der Waals surface area contributed by atoms with Crippen LogP contribution in [0.4, 0.5) is 5.69 Å². The van der Waals surface area contributed by atoms with Crippen LogP contribution in [0.1, 0.15) is 25.2 Å². The van der Waals surface area contributed by atoms with Gasteiger partial charge in [-0.2, -0.15) is 0 Å². The van der Waals surface area contributed by atoms with Gasteiger partial charge in [0.05, 0.1) is 17.7 Å². The summed E-state index contributed by atoms with van der Waals surface area (Å²) < 4.78 is 5.30. The number of para-hydroxylation sites is 1. The van der Waals surface area contributed by atoms with Crippen molar-refractivity contribution < 1.29 is 4.42 Å². The first kappa shape index (κ1) is 11.0. The zero-order valence-corrected chi connectivity index (χ0v) is 10.6. The number of furan rings is 1. The Hall–Kier alpha value is -2.09. The third kappa shape index (κ3) is 1.70. The van der Waals surface area contributed by atoms with E-state index in [0.29, 0.717) is 0 Å². The first-order valence-corrected chi connectivity index (χ1v) is 6.08. The van der Waals surface area contributed by atoms with Gasteiger partial charge < -0.3 is 4.42 Å². The molecule has 0 N–H and O–H groups in total. The lowest BCUT2D eigenvalue weighted by Gasteiger charge is -2.19. The lowest BCUT2D eigenvalue weighted by atomic mass is 9.81. The minimum atomic E-state index is -0.0420. The second-order valence-electron chi connectivity index (χ2n) is 4.99. The highest BCUT2D eigenvalue weighted by atomic mass is 16.3. The van der Waals surface area contributed by atoms with E-state index in [2.05, 4.69) is 32.0 Å². The molecule has 0 spiro atoms. The SMILES string of the molecule is CC1(C)C(/C=C/c2ccco2)=Nc2ccccc21. The van der Waals surface area contributed by atoms with Crippen molar-refractivity contribution in [3.8, 4) is 0 Å². The molecule has 18 heavy (non-hydrogen) atoms. The molecule has 1 aromatic heterocycles. The molecule has 0 aliphatic carbocycles. The van der Waals surface area contributed by atoms with Crippen LogP contribution in [0.2, 0.25) is 0 Å². The Kier molecular flexibility index (Phi) is 2.44. The molecule has 0 amide bonds. The first-order chi connectivity index (χ1) is 8.68. The van der Waals surface area contributed by atoms with Crippen molar-refractivity contribution in [2.75, 3.05) is 0 Å². The van der Waals surface area contributed by atoms with E-state index in [1.165, 1.54) is 5.56 Å². The molecular formula is C16H15NO. The molecule has 0 unspecified atom stereocenters. The van der Waals surface area contributed by atoms with Gasteiger partial charge in [0.2, 0.25) is 0 Å². The maximum atomic E-state index is 5.30. The van der Waals surface area contributed by atoms with E-state index in [4.69, 9.17) is 9.41 Å². The largest absolute Gasteiger partial charge is 0.465 e. The lowest BCUT2D eigenvalue weighted by Crippen LogP contribution is -2.23. The summed E-state index contributed by atoms with van der Waals surface area (Å²) in [6.45, 7) is 4.40. The van der Waals surface area contributed by atoms with Gasteiger partial charge in [-0.25, -0.2) is 0 Å². The van der Waals surface area contributed by atoms with Crippen molar-refractivity contribution in [3.63, 3.8) is 0 Å². The van der Waals surface area contributed by atoms with E-state index < -0.39 is 0 Å². The molecular weight excluding hydrogens is 222 g/mol. The number of allylic oxidation sites excluding steroid dienone is 1. The maximum Gasteiger partial charge on any atom is 0.126 e. The summed E-state index contributed by atoms with van der Waals surface area (Å²) in [5, 5.41) is 0. The molecule has 0 radical (unpaired) electrons. The molecule has 0 saturated heterocycles. The third-order valence-electron chi connectivity index (χ3n) is 3.41. The minimum absolute atomic E-state index is 0.0420. The highest BCUT2D eigenvalue weighted by Crippen LogP contribution is 2.40. The predicted molar refractivity (Wildman–Crippen MR) is 74.3 cm³/mol. The first-order valence-electron chi connectivity index (χ1n) is 6.08. The van der Waals surface area contributed by atoms with Gasteiger partial charge in [0.25, 0.3) is 0 Å². The molecule has 0 atom stereocenters. The van der Waals surface area contributed by atoms with Gasteiger partial charge in [-0.15, -0.1) is 0 Å². The van der Waals surface area contributed by atoms with Gasteiger partial charge >= 0.3 is 0 Å². The summed E-state index contributed by atoms with van der Waals surface area (Å²) in [6, 6.07) is 12.1. The van der Waals surface area contributed by atoms with E-state index >= 15 is 0 Å². The summed E-state index contributed by atoms with van der Waals surface area (Å²) in [4.78, 5) is 4.69. The average Bonchev–Trinajstić information content (AvgIpc) is 2.94. The van der Waals surface area contributed by atoms with E-state index in [9.17, 15) is 0 Å². The van der Waals surface area contributed by atoms with Crippen LogP contribution in [-0.4, -0.2) is 5.71 Å². The summed E-state index contributed by atoms with van der Waals surface area (Å²) in [7, 11) is 0. The van der Waals surface area contributed by atoms with Crippen LogP contribution in [0.25, 0.3) is 6.08 Å². The van der Waals surface area contributed by atoms with Crippen molar-refractivity contribution in [3.05, 3.63) is 60.1 Å². The number of rotatable bonds is 2.